The van der Waals surface area contributed by atoms with Crippen molar-refractivity contribution >= 4 is 11.8 Å². The topological polar surface area (TPSA) is 75.4 Å². The zero-order valence-electron chi connectivity index (χ0n) is 13.8. The van der Waals surface area contributed by atoms with Gasteiger partial charge in [0.1, 0.15) is 5.70 Å². The molecular formula is C17H27N3O2. The molecular weight excluding hydrogens is 278 g/mol. The summed E-state index contributed by atoms with van der Waals surface area (Å²) in [7, 11) is 0. The van der Waals surface area contributed by atoms with E-state index in [-0.39, 0.29) is 11.8 Å². The predicted molar refractivity (Wildman–Crippen MR) is 86.7 cm³/mol. The third-order valence-corrected chi connectivity index (χ3v) is 4.20. The highest BCUT2D eigenvalue weighted by molar-refractivity contribution is 5.99. The van der Waals surface area contributed by atoms with Crippen LogP contribution in [0.4, 0.5) is 0 Å². The fourth-order valence-corrected chi connectivity index (χ4v) is 3.06. The Bertz CT molecular complexity index is 506. The maximum absolute atomic E-state index is 12.9. The number of allylic oxidation sites excluding steroid dienone is 3. The second kappa shape index (κ2) is 7.09. The molecule has 1 aliphatic heterocycles. The Morgan fingerprint density at radius 3 is 2.77 bits per heavy atom. The van der Waals surface area contributed by atoms with Gasteiger partial charge in [-0.25, -0.2) is 0 Å². The summed E-state index contributed by atoms with van der Waals surface area (Å²) in [5.41, 5.74) is 7.04. The number of nitrogens with zero attached hydrogens (tertiary/aromatic N) is 1. The molecule has 0 bridgehead atoms. The Balaban J connectivity index is 2.35. The van der Waals surface area contributed by atoms with Crippen molar-refractivity contribution in [2.24, 2.45) is 17.6 Å². The molecule has 0 aromatic carbocycles. The molecule has 0 saturated heterocycles. The van der Waals surface area contributed by atoms with Gasteiger partial charge in [0.25, 0.3) is 5.91 Å². The van der Waals surface area contributed by atoms with Gasteiger partial charge in [-0.3, -0.25) is 9.59 Å². The summed E-state index contributed by atoms with van der Waals surface area (Å²) in [4.78, 5) is 26.7. The van der Waals surface area contributed by atoms with Gasteiger partial charge in [0.15, 0.2) is 0 Å². The van der Waals surface area contributed by atoms with Gasteiger partial charge in [-0.15, -0.1) is 0 Å². The molecule has 0 radical (unpaired) electrons. The summed E-state index contributed by atoms with van der Waals surface area (Å²) in [5, 5.41) is 2.78. The van der Waals surface area contributed by atoms with Crippen LogP contribution >= 0.6 is 0 Å². The molecule has 22 heavy (non-hydrogen) atoms. The van der Waals surface area contributed by atoms with E-state index in [2.05, 4.69) is 25.2 Å². The number of carbonyl (C=O) groups excluding carboxylic acids is 2. The molecule has 1 aliphatic carbocycles. The van der Waals surface area contributed by atoms with E-state index >= 15 is 0 Å². The Hall–Kier alpha value is -1.62. The highest BCUT2D eigenvalue weighted by Crippen LogP contribution is 2.32. The normalized spacial score (nSPS) is 23.4. The summed E-state index contributed by atoms with van der Waals surface area (Å²) >= 11 is 0. The molecule has 0 saturated carbocycles. The van der Waals surface area contributed by atoms with Gasteiger partial charge in [0.2, 0.25) is 5.91 Å². The smallest absolute Gasteiger partial charge is 0.270 e. The maximum Gasteiger partial charge on any atom is 0.270 e. The van der Waals surface area contributed by atoms with Crippen LogP contribution in [0.3, 0.4) is 0 Å². The minimum atomic E-state index is -0.631. The van der Waals surface area contributed by atoms with Crippen molar-refractivity contribution in [3.05, 3.63) is 23.4 Å². The van der Waals surface area contributed by atoms with Crippen LogP contribution in [0.2, 0.25) is 0 Å². The minimum Gasteiger partial charge on any atom is -0.337 e. The van der Waals surface area contributed by atoms with Crippen LogP contribution in [-0.4, -0.2) is 35.8 Å². The Morgan fingerprint density at radius 1 is 1.41 bits per heavy atom. The average molecular weight is 305 g/mol. The van der Waals surface area contributed by atoms with Crippen LogP contribution in [0, 0.1) is 11.8 Å². The van der Waals surface area contributed by atoms with E-state index in [0.717, 1.165) is 31.4 Å². The van der Waals surface area contributed by atoms with E-state index < -0.39 is 6.04 Å². The largest absolute Gasteiger partial charge is 0.337 e. The molecule has 0 fully saturated rings. The molecule has 2 amide bonds. The van der Waals surface area contributed by atoms with Crippen LogP contribution in [0.1, 0.15) is 40.0 Å². The van der Waals surface area contributed by atoms with E-state index in [1.807, 2.05) is 11.0 Å². The van der Waals surface area contributed by atoms with Crippen molar-refractivity contribution in [1.82, 2.24) is 10.2 Å². The summed E-state index contributed by atoms with van der Waals surface area (Å²) in [6, 6.07) is -0.631. The average Bonchev–Trinajstić information content (AvgIpc) is 2.59. The Morgan fingerprint density at radius 2 is 2.14 bits per heavy atom. The Kier molecular flexibility index (Phi) is 5.40. The molecule has 2 atom stereocenters. The predicted octanol–water partition coefficient (Wildman–Crippen LogP) is 1.56. The first-order valence-corrected chi connectivity index (χ1v) is 8.16. The lowest BCUT2D eigenvalue weighted by atomic mass is 9.86. The van der Waals surface area contributed by atoms with Crippen molar-refractivity contribution < 1.29 is 9.59 Å². The first kappa shape index (κ1) is 16.7. The summed E-state index contributed by atoms with van der Waals surface area (Å²) in [6.45, 7) is 7.27. The maximum atomic E-state index is 12.9. The summed E-state index contributed by atoms with van der Waals surface area (Å²) in [5.74, 6) is 0.358. The van der Waals surface area contributed by atoms with Gasteiger partial charge in [0.05, 0.1) is 6.04 Å². The van der Waals surface area contributed by atoms with Gasteiger partial charge < -0.3 is 16.0 Å². The fourth-order valence-electron chi connectivity index (χ4n) is 3.06. The number of carbonyl (C=O) groups is 2. The third kappa shape index (κ3) is 3.77. The first-order chi connectivity index (χ1) is 10.4. The van der Waals surface area contributed by atoms with Crippen LogP contribution in [-0.2, 0) is 9.59 Å². The van der Waals surface area contributed by atoms with Crippen molar-refractivity contribution in [1.29, 1.82) is 0 Å². The van der Waals surface area contributed by atoms with E-state index in [0.29, 0.717) is 24.1 Å². The molecule has 122 valence electrons. The molecule has 0 aromatic heterocycles. The van der Waals surface area contributed by atoms with Gasteiger partial charge >= 0.3 is 0 Å². The lowest BCUT2D eigenvalue weighted by Crippen LogP contribution is -2.44. The van der Waals surface area contributed by atoms with Gasteiger partial charge in [-0.1, -0.05) is 26.0 Å². The molecule has 0 unspecified atom stereocenters. The van der Waals surface area contributed by atoms with Crippen LogP contribution in [0.15, 0.2) is 23.4 Å². The second-order valence-electron chi connectivity index (χ2n) is 6.72. The lowest BCUT2D eigenvalue weighted by molar-refractivity contribution is -0.130. The molecule has 3 N–H and O–H groups in total. The number of nitrogens with one attached hydrogen (secondary N) is 1. The molecule has 2 rings (SSSR count). The molecule has 5 heteroatoms. The van der Waals surface area contributed by atoms with Crippen LogP contribution < -0.4 is 11.1 Å². The number of fused-ring (bicyclic) bond motifs is 1. The SMILES string of the molecule is CC(C)CN1CC[C@@H]2CCC=CC2=C(NC(=O)[C@H](C)N)C1=O. The van der Waals surface area contributed by atoms with Crippen molar-refractivity contribution in [2.75, 3.05) is 13.1 Å². The number of rotatable bonds is 4. The fraction of sp³-hybridized carbons (Fsp3) is 0.647. The van der Waals surface area contributed by atoms with E-state index in [4.69, 9.17) is 5.73 Å². The van der Waals surface area contributed by atoms with E-state index in [1.165, 1.54) is 0 Å². The molecule has 2 aliphatic rings. The van der Waals surface area contributed by atoms with Crippen molar-refractivity contribution in [2.45, 2.75) is 46.1 Å². The third-order valence-electron chi connectivity index (χ3n) is 4.20. The number of nitrogens with two attached hydrogens (primary N) is 1. The molecule has 0 spiro atoms. The summed E-state index contributed by atoms with van der Waals surface area (Å²) < 4.78 is 0. The number of hydrogen-bond acceptors (Lipinski definition) is 3. The molecule has 1 heterocycles. The standard InChI is InChI=1S/C17H27N3O2/c1-11(2)10-20-9-8-13-6-4-5-7-14(13)15(17(20)22)19-16(21)12(3)18/h5,7,11-13H,4,6,8-10,18H2,1-3H3,(H,19,21)/t12-,13-/m0/s1. The zero-order valence-corrected chi connectivity index (χ0v) is 13.8. The first-order valence-electron chi connectivity index (χ1n) is 8.16. The quantitative estimate of drug-likeness (QED) is 0.827. The highest BCUT2D eigenvalue weighted by atomic mass is 16.2. The Labute approximate surface area is 132 Å². The van der Waals surface area contributed by atoms with E-state index in [1.54, 1.807) is 6.92 Å². The van der Waals surface area contributed by atoms with Gasteiger partial charge in [-0.05, 0) is 43.6 Å². The number of amides is 2. The van der Waals surface area contributed by atoms with Crippen molar-refractivity contribution in [3.8, 4) is 0 Å². The minimum absolute atomic E-state index is 0.0771. The second-order valence-corrected chi connectivity index (χ2v) is 6.72. The van der Waals surface area contributed by atoms with Gasteiger partial charge in [-0.2, -0.15) is 0 Å². The molecule has 0 aromatic rings. The number of hydrogen-bond donors (Lipinski definition) is 2. The summed E-state index contributed by atoms with van der Waals surface area (Å²) in [6.07, 6.45) is 7.10. The molecule has 5 nitrogen and oxygen atoms in total. The van der Waals surface area contributed by atoms with Crippen molar-refractivity contribution in [3.63, 3.8) is 0 Å². The van der Waals surface area contributed by atoms with Crippen LogP contribution in [0.5, 0.6) is 0 Å². The van der Waals surface area contributed by atoms with E-state index in [9.17, 15) is 9.59 Å². The highest BCUT2D eigenvalue weighted by Gasteiger charge is 2.31. The van der Waals surface area contributed by atoms with Crippen LogP contribution in [0.25, 0.3) is 0 Å². The zero-order chi connectivity index (χ0) is 16.3. The van der Waals surface area contributed by atoms with Gasteiger partial charge in [0, 0.05) is 13.1 Å². The lowest BCUT2D eigenvalue weighted by Gasteiger charge is -2.24. The monoisotopic (exact) mass is 305 g/mol.